The van der Waals surface area contributed by atoms with E-state index in [1.807, 2.05) is 34.8 Å². The highest BCUT2D eigenvalue weighted by Gasteiger charge is 2.15. The van der Waals surface area contributed by atoms with Gasteiger partial charge in [-0.3, -0.25) is 0 Å². The molecule has 5 heteroatoms. The third kappa shape index (κ3) is 4.87. The minimum Gasteiger partial charge on any atom is -0.436 e. The van der Waals surface area contributed by atoms with E-state index in [9.17, 15) is 0 Å². The molecule has 0 bridgehead atoms. The van der Waals surface area contributed by atoms with Gasteiger partial charge in [0.15, 0.2) is 0 Å². The molecule has 0 N–H and O–H groups in total. The molecule has 4 aromatic heterocycles. The summed E-state index contributed by atoms with van der Waals surface area (Å²) >= 11 is 3.73. The summed E-state index contributed by atoms with van der Waals surface area (Å²) in [5.74, 6) is 0. The summed E-state index contributed by atoms with van der Waals surface area (Å²) in [4.78, 5) is 10.1. The average molecular weight is 737 g/mol. The Bertz CT molecular complexity index is 3470. The first-order valence-electron chi connectivity index (χ1n) is 18.4. The third-order valence-corrected chi connectivity index (χ3v) is 13.4. The number of aromatic nitrogens is 2. The van der Waals surface area contributed by atoms with E-state index in [1.165, 1.54) is 62.6 Å². The molecular formula is C50H28N2OS2. The smallest absolute Gasteiger partial charge is 0.246 e. The normalized spacial score (nSPS) is 12.0. The third-order valence-electron chi connectivity index (χ3n) is 10.9. The zero-order valence-electron chi connectivity index (χ0n) is 29.3. The maximum atomic E-state index is 6.24. The number of furan rings is 1. The molecule has 0 amide bonds. The maximum Gasteiger partial charge on any atom is 0.246 e. The molecule has 12 rings (SSSR count). The highest BCUT2D eigenvalue weighted by molar-refractivity contribution is 7.26. The number of fused-ring (bicyclic) bond motifs is 10. The van der Waals surface area contributed by atoms with Crippen molar-refractivity contribution in [3.63, 3.8) is 0 Å². The van der Waals surface area contributed by atoms with Crippen molar-refractivity contribution in [3.8, 4) is 44.5 Å². The first-order chi connectivity index (χ1) is 27.2. The van der Waals surface area contributed by atoms with E-state index in [0.29, 0.717) is 5.71 Å². The van der Waals surface area contributed by atoms with Gasteiger partial charge in [-0.15, -0.1) is 22.7 Å². The molecule has 0 saturated heterocycles. The van der Waals surface area contributed by atoms with Crippen LogP contribution in [0, 0.1) is 0 Å². The van der Waals surface area contributed by atoms with Crippen molar-refractivity contribution in [2.45, 2.75) is 0 Å². The van der Waals surface area contributed by atoms with Crippen molar-refractivity contribution < 1.29 is 4.42 Å². The molecule has 12 aromatic rings. The van der Waals surface area contributed by atoms with Gasteiger partial charge >= 0.3 is 0 Å². The largest absolute Gasteiger partial charge is 0.436 e. The van der Waals surface area contributed by atoms with Crippen molar-refractivity contribution in [1.29, 1.82) is 0 Å². The van der Waals surface area contributed by atoms with Gasteiger partial charge < -0.3 is 4.42 Å². The van der Waals surface area contributed by atoms with E-state index in [2.05, 4.69) is 158 Å². The van der Waals surface area contributed by atoms with Crippen molar-refractivity contribution in [1.82, 2.24) is 9.97 Å². The first kappa shape index (κ1) is 30.8. The Morgan fingerprint density at radius 1 is 0.364 bits per heavy atom. The Balaban J connectivity index is 0.882. The lowest BCUT2D eigenvalue weighted by atomic mass is 9.98. The second-order valence-corrected chi connectivity index (χ2v) is 16.2. The van der Waals surface area contributed by atoms with Crippen LogP contribution in [0.1, 0.15) is 0 Å². The van der Waals surface area contributed by atoms with Crippen LogP contribution in [0.25, 0.3) is 118 Å². The summed E-state index contributed by atoms with van der Waals surface area (Å²) in [5.41, 5.74) is 13.2. The predicted molar refractivity (Wildman–Crippen MR) is 234 cm³/mol. The lowest BCUT2D eigenvalue weighted by molar-refractivity contribution is 0.655. The number of rotatable bonds is 4. The first-order valence-corrected chi connectivity index (χ1v) is 20.0. The van der Waals surface area contributed by atoms with Gasteiger partial charge in [-0.05, 0) is 80.9 Å². The van der Waals surface area contributed by atoms with Crippen LogP contribution in [0.15, 0.2) is 174 Å². The topological polar surface area (TPSA) is 38.9 Å². The maximum absolute atomic E-state index is 6.24. The van der Waals surface area contributed by atoms with Crippen LogP contribution >= 0.6 is 22.7 Å². The van der Waals surface area contributed by atoms with Crippen LogP contribution < -0.4 is 0 Å². The Morgan fingerprint density at radius 2 is 0.873 bits per heavy atom. The molecule has 256 valence electrons. The molecule has 0 saturated carbocycles. The highest BCUT2D eigenvalue weighted by Crippen LogP contribution is 2.42. The van der Waals surface area contributed by atoms with Gasteiger partial charge in [0.1, 0.15) is 11.1 Å². The molecule has 0 aliphatic heterocycles. The number of thiophene rings is 2. The predicted octanol–water partition coefficient (Wildman–Crippen LogP) is 14.9. The molecule has 0 atom stereocenters. The fraction of sp³-hybridized carbons (Fsp3) is 0. The SMILES string of the molecule is c1ccc2c(c1)sc1c(-c3ccc(-c4ccc5nc6oc7ccc(-c8ccc(-c9cccc%10c9sc9ccccc9%10)cc8)cc7c6nc5c4)cc3)cccc12. The van der Waals surface area contributed by atoms with Gasteiger partial charge in [0.05, 0.1) is 11.0 Å². The van der Waals surface area contributed by atoms with E-state index in [1.54, 1.807) is 0 Å². The summed E-state index contributed by atoms with van der Waals surface area (Å²) in [6.45, 7) is 0. The van der Waals surface area contributed by atoms with Crippen molar-refractivity contribution >= 4 is 96.3 Å². The Hall–Kier alpha value is -6.66. The molecule has 0 unspecified atom stereocenters. The summed E-state index contributed by atoms with van der Waals surface area (Å²) < 4.78 is 11.5. The van der Waals surface area contributed by atoms with Gasteiger partial charge in [0.25, 0.3) is 0 Å². The molecule has 4 heterocycles. The molecular weight excluding hydrogens is 709 g/mol. The summed E-state index contributed by atoms with van der Waals surface area (Å²) in [5, 5.41) is 6.23. The van der Waals surface area contributed by atoms with Crippen LogP contribution in [0.2, 0.25) is 0 Å². The molecule has 0 spiro atoms. The minimum absolute atomic E-state index is 0.555. The van der Waals surface area contributed by atoms with Gasteiger partial charge in [0.2, 0.25) is 5.71 Å². The monoisotopic (exact) mass is 736 g/mol. The van der Waals surface area contributed by atoms with Crippen LogP contribution in [0.3, 0.4) is 0 Å². The zero-order valence-corrected chi connectivity index (χ0v) is 30.9. The Labute approximate surface area is 323 Å². The van der Waals surface area contributed by atoms with Gasteiger partial charge in [-0.1, -0.05) is 133 Å². The number of nitrogens with zero attached hydrogens (tertiary/aromatic N) is 2. The highest BCUT2D eigenvalue weighted by atomic mass is 32.1. The lowest BCUT2D eigenvalue weighted by Gasteiger charge is -2.07. The summed E-state index contributed by atoms with van der Waals surface area (Å²) in [6.07, 6.45) is 0. The number of hydrogen-bond donors (Lipinski definition) is 0. The molecule has 0 aliphatic carbocycles. The fourth-order valence-electron chi connectivity index (χ4n) is 8.19. The quantitative estimate of drug-likeness (QED) is 0.181. The van der Waals surface area contributed by atoms with E-state index in [4.69, 9.17) is 14.4 Å². The molecule has 8 aromatic carbocycles. The van der Waals surface area contributed by atoms with Gasteiger partial charge in [-0.2, -0.15) is 0 Å². The number of hydrogen-bond acceptors (Lipinski definition) is 5. The molecule has 0 aliphatic rings. The van der Waals surface area contributed by atoms with Crippen LogP contribution in [0.4, 0.5) is 0 Å². The Morgan fingerprint density at radius 3 is 1.49 bits per heavy atom. The second kappa shape index (κ2) is 11.9. The van der Waals surface area contributed by atoms with Crippen molar-refractivity contribution in [2.75, 3.05) is 0 Å². The molecule has 3 nitrogen and oxygen atoms in total. The van der Waals surface area contributed by atoms with E-state index >= 15 is 0 Å². The zero-order chi connectivity index (χ0) is 36.0. The minimum atomic E-state index is 0.555. The van der Waals surface area contributed by atoms with Crippen molar-refractivity contribution in [2.24, 2.45) is 0 Å². The standard InChI is InChI=1S/C50H28N2OS2/c1-3-13-45-37(7-1)39-11-5-9-35(48(39)54-45)31-19-15-29(16-20-31)33-24-26-44-41(27-33)47-50(53-44)52-42-25-23-34(28-43(42)51-47)30-17-21-32(22-18-30)36-10-6-12-40-38-8-2-4-14-46(38)55-49(36)40/h1-28H. The molecule has 55 heavy (non-hydrogen) atoms. The van der Waals surface area contributed by atoms with Gasteiger partial charge in [-0.25, -0.2) is 9.97 Å². The van der Waals surface area contributed by atoms with Gasteiger partial charge in [0, 0.05) is 45.7 Å². The van der Waals surface area contributed by atoms with Crippen LogP contribution in [-0.2, 0) is 0 Å². The number of benzene rings is 8. The average Bonchev–Trinajstić information content (AvgIpc) is 3.93. The van der Waals surface area contributed by atoms with Crippen molar-refractivity contribution in [3.05, 3.63) is 170 Å². The lowest BCUT2D eigenvalue weighted by Crippen LogP contribution is -1.87. The van der Waals surface area contributed by atoms with Crippen LogP contribution in [0.5, 0.6) is 0 Å². The summed E-state index contributed by atoms with van der Waals surface area (Å²) in [6, 6.07) is 61.0. The fourth-order valence-corrected chi connectivity index (χ4v) is 10.7. The van der Waals surface area contributed by atoms with Crippen LogP contribution in [-0.4, -0.2) is 9.97 Å². The molecule has 0 fully saturated rings. The second-order valence-electron chi connectivity index (χ2n) is 14.1. The van der Waals surface area contributed by atoms with E-state index < -0.39 is 0 Å². The molecule has 0 radical (unpaired) electrons. The Kier molecular flexibility index (Phi) is 6.67. The summed E-state index contributed by atoms with van der Waals surface area (Å²) in [7, 11) is 0. The van der Waals surface area contributed by atoms with E-state index in [0.717, 1.165) is 49.8 Å². The van der Waals surface area contributed by atoms with E-state index in [-0.39, 0.29) is 0 Å².